The molecular weight excluding hydrogens is 546 g/mol. The minimum absolute atomic E-state index is 0.110. The third-order valence-electron chi connectivity index (χ3n) is 7.70. The van der Waals surface area contributed by atoms with Crippen LogP contribution in [0.4, 0.5) is 5.69 Å². The average Bonchev–Trinajstić information content (AvgIpc) is 3.51. The van der Waals surface area contributed by atoms with Crippen molar-refractivity contribution in [3.05, 3.63) is 134 Å². The van der Waals surface area contributed by atoms with Crippen molar-refractivity contribution in [3.8, 4) is 11.3 Å². The van der Waals surface area contributed by atoms with E-state index in [0.29, 0.717) is 11.1 Å². The number of aromatic amines is 1. The van der Waals surface area contributed by atoms with Gasteiger partial charge in [-0.3, -0.25) is 35.3 Å². The smallest absolute Gasteiger partial charge is 0.272 e. The molecule has 0 fully saturated rings. The molecule has 1 unspecified atom stereocenters. The zero-order chi connectivity index (χ0) is 30.2. The van der Waals surface area contributed by atoms with Crippen LogP contribution in [-0.2, 0) is 4.79 Å². The van der Waals surface area contributed by atoms with E-state index in [1.165, 1.54) is 30.0 Å². The number of aromatic nitrogens is 1. The molecule has 3 N–H and O–H groups in total. The second-order valence-corrected chi connectivity index (χ2v) is 10.5. The number of para-hydroxylation sites is 1. The molecule has 5 aromatic rings. The Labute approximate surface area is 246 Å². The fourth-order valence-electron chi connectivity index (χ4n) is 5.63. The number of hydrazine groups is 1. The number of aryl methyl sites for hydroxylation is 2. The number of nitro groups is 1. The third kappa shape index (κ3) is 4.99. The van der Waals surface area contributed by atoms with Crippen LogP contribution in [0, 0.1) is 24.0 Å². The Morgan fingerprint density at radius 3 is 2.40 bits per heavy atom. The zero-order valence-corrected chi connectivity index (χ0v) is 23.4. The van der Waals surface area contributed by atoms with Crippen LogP contribution in [0.25, 0.3) is 22.2 Å². The molecule has 1 aliphatic heterocycles. The molecule has 10 nitrogen and oxygen atoms in total. The summed E-state index contributed by atoms with van der Waals surface area (Å²) in [7, 11) is 0. The highest BCUT2D eigenvalue weighted by Gasteiger charge is 2.41. The lowest BCUT2D eigenvalue weighted by Gasteiger charge is -2.26. The van der Waals surface area contributed by atoms with E-state index in [1.54, 1.807) is 12.1 Å². The van der Waals surface area contributed by atoms with Crippen molar-refractivity contribution in [3.63, 3.8) is 0 Å². The Hall–Kier alpha value is -5.77. The van der Waals surface area contributed by atoms with Gasteiger partial charge in [0.25, 0.3) is 23.4 Å². The second kappa shape index (κ2) is 10.9. The summed E-state index contributed by atoms with van der Waals surface area (Å²) in [5.41, 5.74) is 11.1. The van der Waals surface area contributed by atoms with Gasteiger partial charge in [0, 0.05) is 39.2 Å². The van der Waals surface area contributed by atoms with Crippen LogP contribution in [0.3, 0.4) is 0 Å². The molecule has 43 heavy (non-hydrogen) atoms. The van der Waals surface area contributed by atoms with Crippen molar-refractivity contribution in [1.29, 1.82) is 0 Å². The van der Waals surface area contributed by atoms with E-state index in [4.69, 9.17) is 0 Å². The summed E-state index contributed by atoms with van der Waals surface area (Å²) in [4.78, 5) is 55.3. The van der Waals surface area contributed by atoms with Crippen LogP contribution in [0.15, 0.2) is 91.0 Å². The molecule has 3 amide bonds. The first kappa shape index (κ1) is 27.4. The van der Waals surface area contributed by atoms with Gasteiger partial charge in [0.05, 0.1) is 16.7 Å². The minimum atomic E-state index is -0.641. The Morgan fingerprint density at radius 1 is 0.930 bits per heavy atom. The van der Waals surface area contributed by atoms with Gasteiger partial charge in [0.2, 0.25) is 0 Å². The lowest BCUT2D eigenvalue weighted by Crippen LogP contribution is -2.47. The van der Waals surface area contributed by atoms with Crippen molar-refractivity contribution in [2.45, 2.75) is 19.9 Å². The number of benzene rings is 4. The first-order valence-electron chi connectivity index (χ1n) is 13.6. The highest BCUT2D eigenvalue weighted by atomic mass is 16.6. The number of rotatable bonds is 6. The lowest BCUT2D eigenvalue weighted by molar-refractivity contribution is -0.385. The van der Waals surface area contributed by atoms with E-state index in [1.807, 2.05) is 67.6 Å². The molecule has 0 bridgehead atoms. The molecule has 1 aliphatic rings. The van der Waals surface area contributed by atoms with Gasteiger partial charge in [0.15, 0.2) is 0 Å². The van der Waals surface area contributed by atoms with Crippen LogP contribution < -0.4 is 10.9 Å². The van der Waals surface area contributed by atoms with E-state index in [-0.39, 0.29) is 23.7 Å². The fourth-order valence-corrected chi connectivity index (χ4v) is 5.63. The number of fused-ring (bicyclic) bond motifs is 2. The molecule has 1 atom stereocenters. The molecule has 1 aromatic heterocycles. The second-order valence-electron chi connectivity index (χ2n) is 10.5. The number of nitrogens with zero attached hydrogens (tertiary/aromatic N) is 2. The molecule has 10 heteroatoms. The normalized spacial score (nSPS) is 14.0. The Kier molecular flexibility index (Phi) is 6.95. The highest BCUT2D eigenvalue weighted by molar-refractivity contribution is 6.04. The number of carbonyl (C=O) groups is 3. The summed E-state index contributed by atoms with van der Waals surface area (Å²) in [5, 5.41) is 12.0. The molecule has 4 aromatic carbocycles. The van der Waals surface area contributed by atoms with Gasteiger partial charge in [-0.15, -0.1) is 0 Å². The largest absolute Gasteiger partial charge is 0.354 e. The van der Waals surface area contributed by atoms with E-state index in [9.17, 15) is 24.5 Å². The third-order valence-corrected chi connectivity index (χ3v) is 7.70. The van der Waals surface area contributed by atoms with Gasteiger partial charge < -0.3 is 9.88 Å². The zero-order valence-electron chi connectivity index (χ0n) is 23.4. The van der Waals surface area contributed by atoms with Crippen LogP contribution in [0.1, 0.15) is 49.0 Å². The van der Waals surface area contributed by atoms with E-state index >= 15 is 0 Å². The number of amides is 3. The maximum Gasteiger partial charge on any atom is 0.272 e. The molecule has 0 saturated heterocycles. The van der Waals surface area contributed by atoms with Gasteiger partial charge in [-0.1, -0.05) is 66.2 Å². The number of nitrogens with one attached hydrogen (secondary N) is 3. The molecule has 6 rings (SSSR count). The van der Waals surface area contributed by atoms with Crippen molar-refractivity contribution < 1.29 is 19.3 Å². The first-order valence-corrected chi connectivity index (χ1v) is 13.6. The van der Waals surface area contributed by atoms with E-state index in [2.05, 4.69) is 15.8 Å². The maximum absolute atomic E-state index is 13.7. The molecule has 0 saturated carbocycles. The highest BCUT2D eigenvalue weighted by Crippen LogP contribution is 2.45. The average molecular weight is 574 g/mol. The molecule has 0 aliphatic carbocycles. The Morgan fingerprint density at radius 2 is 1.65 bits per heavy atom. The van der Waals surface area contributed by atoms with Crippen LogP contribution in [0.2, 0.25) is 0 Å². The maximum atomic E-state index is 13.7. The van der Waals surface area contributed by atoms with Crippen molar-refractivity contribution in [2.24, 2.45) is 0 Å². The summed E-state index contributed by atoms with van der Waals surface area (Å²) >= 11 is 0. The van der Waals surface area contributed by atoms with Gasteiger partial charge in [0.1, 0.15) is 6.54 Å². The summed E-state index contributed by atoms with van der Waals surface area (Å²) in [6.07, 6.45) is 0. The fraction of sp³-hybridized carbons (Fsp3) is 0.121. The minimum Gasteiger partial charge on any atom is -0.354 e. The van der Waals surface area contributed by atoms with Crippen molar-refractivity contribution >= 4 is 34.3 Å². The molecule has 0 radical (unpaired) electrons. The number of nitro benzene ring substituents is 1. The predicted octanol–water partition coefficient (Wildman–Crippen LogP) is 5.37. The summed E-state index contributed by atoms with van der Waals surface area (Å²) in [6, 6.07) is 26.6. The summed E-state index contributed by atoms with van der Waals surface area (Å²) in [6.45, 7) is 3.22. The Balaban J connectivity index is 1.32. The SMILES string of the molecule is Cc1ccc(-c2[nH]c3ccccc3c2C2c3ccccc3C(=O)N2CC(=O)NNC(=O)c2ccc([N+](=O)[O-])c(C)c2)cc1. The Bertz CT molecular complexity index is 1930. The lowest BCUT2D eigenvalue weighted by atomic mass is 9.93. The summed E-state index contributed by atoms with van der Waals surface area (Å²) < 4.78 is 0. The van der Waals surface area contributed by atoms with Gasteiger partial charge in [-0.25, -0.2) is 0 Å². The number of hydrogen-bond donors (Lipinski definition) is 3. The predicted molar refractivity (Wildman–Crippen MR) is 161 cm³/mol. The standard InChI is InChI=1S/C33H27N5O5/c1-19-11-13-21(14-12-19)30-29(25-9-5-6-10-26(25)34-30)31-23-7-3-4-8-24(23)33(41)37(31)18-28(39)35-36-32(40)22-15-16-27(38(42)43)20(2)17-22/h3-17,31,34H,18H2,1-2H3,(H,35,39)(H,36,40). The molecular formula is C33H27N5O5. The monoisotopic (exact) mass is 573 g/mol. The van der Waals surface area contributed by atoms with Gasteiger partial charge in [-0.05, 0) is 49.2 Å². The number of hydrogen-bond acceptors (Lipinski definition) is 5. The molecule has 0 spiro atoms. The van der Waals surface area contributed by atoms with Crippen LogP contribution >= 0.6 is 0 Å². The van der Waals surface area contributed by atoms with E-state index < -0.39 is 22.8 Å². The summed E-state index contributed by atoms with van der Waals surface area (Å²) in [5.74, 6) is -1.54. The molecule has 214 valence electrons. The molecule has 2 heterocycles. The number of H-pyrrole nitrogens is 1. The number of carbonyl (C=O) groups excluding carboxylic acids is 3. The van der Waals surface area contributed by atoms with Crippen LogP contribution in [0.5, 0.6) is 0 Å². The first-order chi connectivity index (χ1) is 20.7. The quantitative estimate of drug-likeness (QED) is 0.185. The van der Waals surface area contributed by atoms with Crippen LogP contribution in [-0.4, -0.2) is 39.1 Å². The van der Waals surface area contributed by atoms with E-state index in [0.717, 1.165) is 38.9 Å². The van der Waals surface area contributed by atoms with Gasteiger partial charge >= 0.3 is 0 Å². The van der Waals surface area contributed by atoms with Gasteiger partial charge in [-0.2, -0.15) is 0 Å². The van der Waals surface area contributed by atoms with Crippen molar-refractivity contribution in [2.75, 3.05) is 6.54 Å². The topological polar surface area (TPSA) is 137 Å². The van der Waals surface area contributed by atoms with Crippen molar-refractivity contribution in [1.82, 2.24) is 20.7 Å².